The summed E-state index contributed by atoms with van der Waals surface area (Å²) >= 11 is 1.46. The normalized spacial score (nSPS) is 16.8. The predicted octanol–water partition coefficient (Wildman–Crippen LogP) is 3.45. The maximum Gasteiger partial charge on any atom is 0.229 e. The lowest BCUT2D eigenvalue weighted by molar-refractivity contribution is -0.120. The highest BCUT2D eigenvalue weighted by Crippen LogP contribution is 2.32. The summed E-state index contributed by atoms with van der Waals surface area (Å²) in [6, 6.07) is 12.1. The Morgan fingerprint density at radius 2 is 1.96 bits per heavy atom. The lowest BCUT2D eigenvalue weighted by atomic mass is 9.97. The van der Waals surface area contributed by atoms with Crippen molar-refractivity contribution >= 4 is 53.4 Å². The van der Waals surface area contributed by atoms with Crippen LogP contribution in [0.15, 0.2) is 36.4 Å². The molecule has 8 heteroatoms. The van der Waals surface area contributed by atoms with Crippen LogP contribution in [0.1, 0.15) is 19.8 Å². The molecule has 1 amide bonds. The quantitative estimate of drug-likeness (QED) is 0.724. The molecule has 1 aliphatic heterocycles. The van der Waals surface area contributed by atoms with Gasteiger partial charge >= 0.3 is 0 Å². The average molecular weight is 404 g/mol. The topological polar surface area (TPSA) is 79.4 Å². The van der Waals surface area contributed by atoms with E-state index in [9.17, 15) is 13.2 Å². The minimum Gasteiger partial charge on any atom is -0.302 e. The Bertz CT molecular complexity index is 1100. The molecule has 27 heavy (non-hydrogen) atoms. The van der Waals surface area contributed by atoms with Crippen LogP contribution in [0.3, 0.4) is 0 Å². The van der Waals surface area contributed by atoms with Crippen molar-refractivity contribution in [3.63, 3.8) is 0 Å². The number of amides is 1. The van der Waals surface area contributed by atoms with Gasteiger partial charge in [-0.3, -0.25) is 4.79 Å². The van der Waals surface area contributed by atoms with Crippen molar-refractivity contribution in [1.29, 1.82) is 0 Å². The third kappa shape index (κ3) is 3.56. The second-order valence-corrected chi connectivity index (χ2v) is 10.0. The average Bonchev–Trinajstić information content (AvgIpc) is 3.11. The van der Waals surface area contributed by atoms with Crippen molar-refractivity contribution < 1.29 is 13.2 Å². The summed E-state index contributed by atoms with van der Waals surface area (Å²) in [5.41, 5.74) is 0.900. The largest absolute Gasteiger partial charge is 0.302 e. The van der Waals surface area contributed by atoms with Crippen LogP contribution in [0.5, 0.6) is 0 Å². The van der Waals surface area contributed by atoms with Gasteiger partial charge < -0.3 is 5.32 Å². The van der Waals surface area contributed by atoms with Crippen LogP contribution in [0.4, 0.5) is 5.13 Å². The number of carbonyl (C=O) groups excluding carboxylic acids is 1. The maximum absolute atomic E-state index is 12.6. The minimum absolute atomic E-state index is 0.0769. The third-order valence-electron chi connectivity index (χ3n) is 5.10. The maximum atomic E-state index is 12.6. The van der Waals surface area contributed by atoms with Gasteiger partial charge in [-0.2, -0.15) is 0 Å². The standard InChI is InChI=1S/C19H21N3O3S2/c1-2-27(24,25)22-11-9-14(10-12-22)18(23)21-19-20-17-15-6-4-3-5-13(15)7-8-16(17)26-19/h3-8,14H,2,9-12H2,1H3,(H,20,21,23). The summed E-state index contributed by atoms with van der Waals surface area (Å²) in [6.07, 6.45) is 1.08. The number of fused-ring (bicyclic) bond motifs is 3. The van der Waals surface area contributed by atoms with Crippen LogP contribution < -0.4 is 5.32 Å². The molecule has 1 fully saturated rings. The highest BCUT2D eigenvalue weighted by Gasteiger charge is 2.30. The van der Waals surface area contributed by atoms with Crippen LogP contribution in [0, 0.1) is 5.92 Å². The van der Waals surface area contributed by atoms with Crippen LogP contribution in [0.2, 0.25) is 0 Å². The molecule has 1 aromatic heterocycles. The van der Waals surface area contributed by atoms with Crippen LogP contribution in [-0.4, -0.2) is 42.5 Å². The first kappa shape index (κ1) is 18.3. The van der Waals surface area contributed by atoms with Gasteiger partial charge in [-0.15, -0.1) is 0 Å². The van der Waals surface area contributed by atoms with E-state index in [-0.39, 0.29) is 17.6 Å². The first-order valence-corrected chi connectivity index (χ1v) is 11.5. The van der Waals surface area contributed by atoms with E-state index in [0.29, 0.717) is 31.1 Å². The lowest BCUT2D eigenvalue weighted by Gasteiger charge is -2.30. The zero-order valence-corrected chi connectivity index (χ0v) is 16.6. The molecule has 0 atom stereocenters. The van der Waals surface area contributed by atoms with Gasteiger partial charge in [0.25, 0.3) is 0 Å². The number of benzene rings is 2. The second kappa shape index (κ2) is 7.18. The Balaban J connectivity index is 1.48. The number of nitrogens with one attached hydrogen (secondary N) is 1. The molecule has 0 bridgehead atoms. The van der Waals surface area contributed by atoms with Gasteiger partial charge in [0.1, 0.15) is 0 Å². The number of carbonyl (C=O) groups is 1. The number of anilines is 1. The van der Waals surface area contributed by atoms with E-state index in [1.807, 2.05) is 30.3 Å². The molecule has 0 unspecified atom stereocenters. The van der Waals surface area contributed by atoms with Crippen LogP contribution in [-0.2, 0) is 14.8 Å². The van der Waals surface area contributed by atoms with Crippen molar-refractivity contribution in [1.82, 2.24) is 9.29 Å². The first-order chi connectivity index (χ1) is 13.0. The third-order valence-corrected chi connectivity index (χ3v) is 7.91. The smallest absolute Gasteiger partial charge is 0.229 e. The first-order valence-electron chi connectivity index (χ1n) is 9.05. The molecule has 142 valence electrons. The Morgan fingerprint density at radius 3 is 2.70 bits per heavy atom. The van der Waals surface area contributed by atoms with Crippen LogP contribution >= 0.6 is 11.3 Å². The SMILES string of the molecule is CCS(=O)(=O)N1CCC(C(=O)Nc2nc3c(ccc4ccccc43)s2)CC1. The van der Waals surface area contributed by atoms with Gasteiger partial charge in [0, 0.05) is 24.4 Å². The number of sulfonamides is 1. The fourth-order valence-electron chi connectivity index (χ4n) is 3.50. The van der Waals surface area contributed by atoms with E-state index < -0.39 is 10.0 Å². The summed E-state index contributed by atoms with van der Waals surface area (Å²) in [6.45, 7) is 2.45. The number of piperidine rings is 1. The Hall–Kier alpha value is -2.03. The second-order valence-electron chi connectivity index (χ2n) is 6.72. The van der Waals surface area contributed by atoms with Gasteiger partial charge in [0.05, 0.1) is 16.0 Å². The highest BCUT2D eigenvalue weighted by atomic mass is 32.2. The summed E-state index contributed by atoms with van der Waals surface area (Å²) < 4.78 is 26.4. The Kier molecular flexibility index (Phi) is 4.88. The van der Waals surface area contributed by atoms with Crippen molar-refractivity contribution in [2.45, 2.75) is 19.8 Å². The van der Waals surface area contributed by atoms with E-state index in [4.69, 9.17) is 0 Å². The van der Waals surface area contributed by atoms with Gasteiger partial charge in [-0.25, -0.2) is 17.7 Å². The number of thiazole rings is 1. The van der Waals surface area contributed by atoms with Crippen molar-refractivity contribution in [2.75, 3.05) is 24.2 Å². The van der Waals surface area contributed by atoms with Crippen molar-refractivity contribution in [2.24, 2.45) is 5.92 Å². The number of hydrogen-bond acceptors (Lipinski definition) is 5. The molecule has 1 N–H and O–H groups in total. The predicted molar refractivity (Wildman–Crippen MR) is 110 cm³/mol. The zero-order chi connectivity index (χ0) is 19.0. The Labute approximate surface area is 162 Å². The molecule has 0 saturated carbocycles. The van der Waals surface area contributed by atoms with E-state index in [2.05, 4.69) is 16.4 Å². The highest BCUT2D eigenvalue weighted by molar-refractivity contribution is 7.89. The molecule has 0 radical (unpaired) electrons. The molecule has 1 saturated heterocycles. The molecule has 0 spiro atoms. The van der Waals surface area contributed by atoms with Crippen LogP contribution in [0.25, 0.3) is 21.0 Å². The number of aromatic nitrogens is 1. The molecule has 6 nitrogen and oxygen atoms in total. The summed E-state index contributed by atoms with van der Waals surface area (Å²) in [5.74, 6) is -0.159. The van der Waals surface area contributed by atoms with Crippen molar-refractivity contribution in [3.8, 4) is 0 Å². The van der Waals surface area contributed by atoms with Gasteiger partial charge in [-0.05, 0) is 31.2 Å². The number of nitrogens with zero attached hydrogens (tertiary/aromatic N) is 2. The summed E-state index contributed by atoms with van der Waals surface area (Å²) in [4.78, 5) is 17.2. The number of hydrogen-bond donors (Lipinski definition) is 1. The molecule has 2 aromatic carbocycles. The van der Waals surface area contributed by atoms with E-state index >= 15 is 0 Å². The van der Waals surface area contributed by atoms with Gasteiger partial charge in [-0.1, -0.05) is 41.7 Å². The monoisotopic (exact) mass is 403 g/mol. The molecule has 3 aromatic rings. The molecule has 4 rings (SSSR count). The summed E-state index contributed by atoms with van der Waals surface area (Å²) in [7, 11) is -3.18. The molecular weight excluding hydrogens is 382 g/mol. The molecule has 0 aliphatic carbocycles. The minimum atomic E-state index is -3.18. The summed E-state index contributed by atoms with van der Waals surface area (Å²) in [5, 5.41) is 5.72. The molecule has 2 heterocycles. The fourth-order valence-corrected chi connectivity index (χ4v) is 5.52. The zero-order valence-electron chi connectivity index (χ0n) is 15.0. The number of rotatable bonds is 4. The molecule has 1 aliphatic rings. The fraction of sp³-hybridized carbons (Fsp3) is 0.368. The molecular formula is C19H21N3O3S2. The van der Waals surface area contributed by atoms with Gasteiger partial charge in [0.2, 0.25) is 15.9 Å². The van der Waals surface area contributed by atoms with E-state index in [1.165, 1.54) is 15.6 Å². The van der Waals surface area contributed by atoms with E-state index in [1.54, 1.807) is 6.92 Å². The van der Waals surface area contributed by atoms with E-state index in [0.717, 1.165) is 21.0 Å². The van der Waals surface area contributed by atoms with Crippen molar-refractivity contribution in [3.05, 3.63) is 36.4 Å². The Morgan fingerprint density at radius 1 is 1.22 bits per heavy atom. The van der Waals surface area contributed by atoms with Gasteiger partial charge in [0.15, 0.2) is 5.13 Å². The lowest BCUT2D eigenvalue weighted by Crippen LogP contribution is -2.42.